The lowest BCUT2D eigenvalue weighted by molar-refractivity contribution is 0.477. The Bertz CT molecular complexity index is 1940. The van der Waals surface area contributed by atoms with Gasteiger partial charge in [-0.2, -0.15) is 0 Å². The fourth-order valence-corrected chi connectivity index (χ4v) is 6.06. The Morgan fingerprint density at radius 3 is 1.89 bits per heavy atom. The van der Waals surface area contributed by atoms with E-state index in [1.54, 1.807) is 0 Å². The van der Waals surface area contributed by atoms with Crippen LogP contribution in [0, 0.1) is 0 Å². The minimum atomic E-state index is 0.649. The molecule has 0 atom stereocenters. The van der Waals surface area contributed by atoms with E-state index < -0.39 is 0 Å². The molecule has 1 aliphatic heterocycles. The highest BCUT2D eigenvalue weighted by atomic mass is 16.5. The second kappa shape index (κ2) is 7.64. The van der Waals surface area contributed by atoms with Crippen molar-refractivity contribution in [3.8, 4) is 22.6 Å². The Morgan fingerprint density at radius 2 is 1.13 bits per heavy atom. The molecule has 4 nitrogen and oxygen atoms in total. The van der Waals surface area contributed by atoms with Crippen LogP contribution in [0.25, 0.3) is 44.1 Å². The lowest BCUT2D eigenvalue weighted by Gasteiger charge is -2.33. The van der Waals surface area contributed by atoms with Crippen molar-refractivity contribution in [1.82, 2.24) is 0 Å². The van der Waals surface area contributed by atoms with Gasteiger partial charge in [-0.1, -0.05) is 84.9 Å². The maximum Gasteiger partial charge on any atom is 0.151 e. The van der Waals surface area contributed by atoms with Crippen LogP contribution in [0.1, 0.15) is 11.1 Å². The van der Waals surface area contributed by atoms with Crippen LogP contribution in [0.2, 0.25) is 0 Å². The van der Waals surface area contributed by atoms with E-state index in [4.69, 9.17) is 16.2 Å². The van der Waals surface area contributed by atoms with Crippen LogP contribution >= 0.6 is 0 Å². The molecule has 0 saturated heterocycles. The van der Waals surface area contributed by atoms with Gasteiger partial charge in [0.05, 0.1) is 28.5 Å². The molecule has 1 aliphatic carbocycles. The number of hydrogen-bond donors (Lipinski definition) is 2. The third-order valence-electron chi connectivity index (χ3n) is 7.76. The molecule has 0 spiro atoms. The zero-order valence-corrected chi connectivity index (χ0v) is 20.5. The van der Waals surface area contributed by atoms with Crippen LogP contribution in [0.5, 0.6) is 11.5 Å². The summed E-state index contributed by atoms with van der Waals surface area (Å²) in [4.78, 5) is 2.30. The van der Waals surface area contributed by atoms with E-state index in [0.717, 1.165) is 72.4 Å². The molecule has 180 valence electrons. The summed E-state index contributed by atoms with van der Waals surface area (Å²) in [6, 6.07) is 39.9. The van der Waals surface area contributed by atoms with Crippen LogP contribution in [-0.4, -0.2) is 0 Å². The van der Waals surface area contributed by atoms with Crippen LogP contribution in [-0.2, 0) is 0 Å². The SMILES string of the molecule is NC1=C(N)c2c(-c3ccc(N4c5ccccc5Oc5ccccc54)c4ccccc34)ccc3cccc1c23. The molecule has 38 heavy (non-hydrogen) atoms. The fraction of sp³-hybridized carbons (Fsp3) is 0. The van der Waals surface area contributed by atoms with E-state index in [9.17, 15) is 0 Å². The number of hydrogen-bond acceptors (Lipinski definition) is 4. The second-order valence-electron chi connectivity index (χ2n) is 9.77. The largest absolute Gasteiger partial charge is 0.453 e. The minimum Gasteiger partial charge on any atom is -0.453 e. The summed E-state index contributed by atoms with van der Waals surface area (Å²) in [5.74, 6) is 1.67. The molecule has 0 amide bonds. The van der Waals surface area contributed by atoms with E-state index in [-0.39, 0.29) is 0 Å². The molecule has 0 bridgehead atoms. The second-order valence-corrected chi connectivity index (χ2v) is 9.77. The number of ether oxygens (including phenoxy) is 1. The zero-order chi connectivity index (χ0) is 25.4. The highest BCUT2D eigenvalue weighted by molar-refractivity contribution is 6.18. The highest BCUT2D eigenvalue weighted by Gasteiger charge is 2.28. The maximum atomic E-state index is 6.65. The van der Waals surface area contributed by atoms with E-state index in [1.807, 2.05) is 42.5 Å². The Hall–Kier alpha value is -5.22. The van der Waals surface area contributed by atoms with Crippen molar-refractivity contribution >= 4 is 50.0 Å². The van der Waals surface area contributed by atoms with E-state index in [0.29, 0.717) is 11.4 Å². The van der Waals surface area contributed by atoms with E-state index in [2.05, 4.69) is 77.7 Å². The first-order chi connectivity index (χ1) is 18.7. The van der Waals surface area contributed by atoms with Gasteiger partial charge in [0.2, 0.25) is 0 Å². The average Bonchev–Trinajstić information content (AvgIpc) is 3.23. The first-order valence-electron chi connectivity index (χ1n) is 12.7. The van der Waals surface area contributed by atoms with Crippen LogP contribution < -0.4 is 21.1 Å². The number of fused-ring (bicyclic) bond motifs is 3. The summed E-state index contributed by atoms with van der Waals surface area (Å²) in [6.07, 6.45) is 0. The van der Waals surface area contributed by atoms with Gasteiger partial charge < -0.3 is 21.1 Å². The molecule has 4 N–H and O–H groups in total. The lowest BCUT2D eigenvalue weighted by Crippen LogP contribution is -2.16. The molecule has 6 aromatic carbocycles. The normalized spacial score (nSPS) is 13.5. The Kier molecular flexibility index (Phi) is 4.21. The third kappa shape index (κ3) is 2.74. The summed E-state index contributed by atoms with van der Waals surface area (Å²) in [6.45, 7) is 0. The number of para-hydroxylation sites is 4. The summed E-state index contributed by atoms with van der Waals surface area (Å²) in [7, 11) is 0. The van der Waals surface area contributed by atoms with Crippen molar-refractivity contribution in [2.45, 2.75) is 0 Å². The quantitative estimate of drug-likeness (QED) is 0.256. The average molecular weight is 490 g/mol. The predicted octanol–water partition coefficient (Wildman–Crippen LogP) is 8.29. The molecule has 0 saturated carbocycles. The number of anilines is 3. The minimum absolute atomic E-state index is 0.649. The predicted molar refractivity (Wildman–Crippen MR) is 157 cm³/mol. The molecule has 4 heteroatoms. The van der Waals surface area contributed by atoms with Crippen molar-refractivity contribution in [3.05, 3.63) is 126 Å². The van der Waals surface area contributed by atoms with Crippen molar-refractivity contribution < 1.29 is 4.74 Å². The first kappa shape index (κ1) is 20.9. The third-order valence-corrected chi connectivity index (χ3v) is 7.76. The molecule has 1 heterocycles. The molecule has 2 aliphatic rings. The van der Waals surface area contributed by atoms with Crippen LogP contribution in [0.4, 0.5) is 17.1 Å². The Morgan fingerprint density at radius 1 is 0.474 bits per heavy atom. The number of nitrogens with two attached hydrogens (primary N) is 2. The van der Waals surface area contributed by atoms with Crippen molar-refractivity contribution in [2.75, 3.05) is 4.90 Å². The zero-order valence-electron chi connectivity index (χ0n) is 20.5. The van der Waals surface area contributed by atoms with E-state index in [1.165, 1.54) is 0 Å². The van der Waals surface area contributed by atoms with E-state index >= 15 is 0 Å². The van der Waals surface area contributed by atoms with Gasteiger partial charge in [0.1, 0.15) is 0 Å². The molecule has 0 fully saturated rings. The van der Waals surface area contributed by atoms with Crippen molar-refractivity contribution in [2.24, 2.45) is 11.5 Å². The van der Waals surface area contributed by atoms with Gasteiger partial charge in [-0.3, -0.25) is 0 Å². The lowest BCUT2D eigenvalue weighted by atomic mass is 9.90. The Labute approximate surface area is 220 Å². The summed E-state index contributed by atoms with van der Waals surface area (Å²) >= 11 is 0. The smallest absolute Gasteiger partial charge is 0.151 e. The number of rotatable bonds is 2. The van der Waals surface area contributed by atoms with Gasteiger partial charge in [0.25, 0.3) is 0 Å². The summed E-state index contributed by atoms with van der Waals surface area (Å²) < 4.78 is 6.26. The molecule has 0 aromatic heterocycles. The molecule has 8 rings (SSSR count). The van der Waals surface area contributed by atoms with Crippen molar-refractivity contribution in [3.63, 3.8) is 0 Å². The Balaban J connectivity index is 1.41. The van der Waals surface area contributed by atoms with Gasteiger partial charge in [-0.05, 0) is 52.2 Å². The fourth-order valence-electron chi connectivity index (χ4n) is 6.06. The summed E-state index contributed by atoms with van der Waals surface area (Å²) in [5, 5.41) is 4.57. The molecular formula is C34H23N3O. The van der Waals surface area contributed by atoms with Gasteiger partial charge in [-0.15, -0.1) is 0 Å². The molecule has 0 unspecified atom stereocenters. The monoisotopic (exact) mass is 489 g/mol. The van der Waals surface area contributed by atoms with Crippen molar-refractivity contribution in [1.29, 1.82) is 0 Å². The van der Waals surface area contributed by atoms with Crippen LogP contribution in [0.3, 0.4) is 0 Å². The number of benzene rings is 6. The summed E-state index contributed by atoms with van der Waals surface area (Å²) in [5.41, 5.74) is 21.8. The number of nitrogens with zero attached hydrogens (tertiary/aromatic N) is 1. The molecule has 0 radical (unpaired) electrons. The van der Waals surface area contributed by atoms with Gasteiger partial charge in [-0.25, -0.2) is 0 Å². The highest BCUT2D eigenvalue weighted by Crippen LogP contribution is 2.52. The van der Waals surface area contributed by atoms with Gasteiger partial charge >= 0.3 is 0 Å². The maximum absolute atomic E-state index is 6.65. The first-order valence-corrected chi connectivity index (χ1v) is 12.7. The standard InChI is InChI=1S/C34H23N3O/c35-33-25-11-7-8-20-16-17-24(32(31(20)25)34(33)36)22-18-19-26(23-10-2-1-9-21(22)23)37-27-12-3-5-14-29(27)38-30-15-6-4-13-28(30)37/h1-19H,35-36H2. The van der Waals surface area contributed by atoms with Gasteiger partial charge in [0.15, 0.2) is 11.5 Å². The van der Waals surface area contributed by atoms with Crippen LogP contribution in [0.15, 0.2) is 115 Å². The van der Waals surface area contributed by atoms with Gasteiger partial charge in [0, 0.05) is 21.9 Å². The molecular weight excluding hydrogens is 466 g/mol. The topological polar surface area (TPSA) is 64.5 Å². The molecule has 6 aromatic rings.